The summed E-state index contributed by atoms with van der Waals surface area (Å²) in [5, 5.41) is 31.0. The highest BCUT2D eigenvalue weighted by Gasteiger charge is 2.60. The number of amides is 1. The molecule has 1 aliphatic carbocycles. The molecule has 2 aromatic carbocycles. The first kappa shape index (κ1) is 22.0. The quantitative estimate of drug-likeness (QED) is 0.524. The van der Waals surface area contributed by atoms with Crippen molar-refractivity contribution in [3.05, 3.63) is 75.3 Å². The third-order valence-electron chi connectivity index (χ3n) is 6.88. The van der Waals surface area contributed by atoms with Crippen molar-refractivity contribution in [3.8, 4) is 0 Å². The lowest BCUT2D eigenvalue weighted by molar-refractivity contribution is -0.384. The number of likely N-dealkylation sites (tertiary alicyclic amines) is 1. The van der Waals surface area contributed by atoms with E-state index in [0.29, 0.717) is 16.7 Å². The highest BCUT2D eigenvalue weighted by Crippen LogP contribution is 2.52. The lowest BCUT2D eigenvalue weighted by Crippen LogP contribution is -2.46. The van der Waals surface area contributed by atoms with Gasteiger partial charge < -0.3 is 15.1 Å². The number of nitro groups is 1. The summed E-state index contributed by atoms with van der Waals surface area (Å²) in [6.07, 6.45) is 4.52. The van der Waals surface area contributed by atoms with Crippen molar-refractivity contribution < 1.29 is 24.7 Å². The van der Waals surface area contributed by atoms with Crippen LogP contribution in [-0.4, -0.2) is 38.0 Å². The predicted octanol–water partition coefficient (Wildman–Crippen LogP) is 3.72. The fourth-order valence-electron chi connectivity index (χ4n) is 5.29. The van der Waals surface area contributed by atoms with Crippen molar-refractivity contribution in [1.29, 1.82) is 0 Å². The summed E-state index contributed by atoms with van der Waals surface area (Å²) >= 11 is 0. The number of aliphatic carboxylic acids is 1. The van der Waals surface area contributed by atoms with E-state index >= 15 is 0 Å². The monoisotopic (exact) mass is 438 g/mol. The van der Waals surface area contributed by atoms with Crippen LogP contribution in [0.5, 0.6) is 0 Å². The van der Waals surface area contributed by atoms with Crippen molar-refractivity contribution in [1.82, 2.24) is 4.90 Å². The Morgan fingerprint density at radius 2 is 1.69 bits per heavy atom. The second kappa shape index (κ2) is 8.70. The minimum absolute atomic E-state index is 0.0435. The number of hydrogen-bond acceptors (Lipinski definition) is 5. The van der Waals surface area contributed by atoms with E-state index in [1.807, 2.05) is 0 Å². The van der Waals surface area contributed by atoms with Crippen molar-refractivity contribution in [3.63, 3.8) is 0 Å². The van der Waals surface area contributed by atoms with Crippen LogP contribution in [-0.2, 0) is 21.6 Å². The van der Waals surface area contributed by atoms with E-state index in [4.69, 9.17) is 0 Å². The smallest absolute Gasteiger partial charge is 0.317 e. The van der Waals surface area contributed by atoms with E-state index in [0.717, 1.165) is 32.1 Å². The molecule has 1 amide bonds. The number of carboxylic acids is 1. The fraction of sp³-hybridized carbons (Fsp3) is 0.417. The maximum atomic E-state index is 13.4. The molecule has 0 bridgehead atoms. The topological polar surface area (TPSA) is 121 Å². The zero-order valence-corrected chi connectivity index (χ0v) is 17.6. The molecule has 0 radical (unpaired) electrons. The van der Waals surface area contributed by atoms with E-state index < -0.39 is 22.3 Å². The number of aliphatic hydroxyl groups excluding tert-OH is 1. The first-order valence-corrected chi connectivity index (χ1v) is 10.9. The third-order valence-corrected chi connectivity index (χ3v) is 6.88. The highest BCUT2D eigenvalue weighted by atomic mass is 16.6. The van der Waals surface area contributed by atoms with Gasteiger partial charge in [0.05, 0.1) is 17.6 Å². The van der Waals surface area contributed by atoms with Crippen molar-refractivity contribution in [2.45, 2.75) is 62.6 Å². The summed E-state index contributed by atoms with van der Waals surface area (Å²) in [6.45, 7) is -0.136. The van der Waals surface area contributed by atoms with Crippen molar-refractivity contribution in [2.24, 2.45) is 0 Å². The molecule has 8 heteroatoms. The molecule has 1 saturated carbocycles. The summed E-state index contributed by atoms with van der Waals surface area (Å²) in [4.78, 5) is 38.6. The van der Waals surface area contributed by atoms with Crippen molar-refractivity contribution >= 4 is 17.6 Å². The number of nitro benzene ring substituents is 1. The van der Waals surface area contributed by atoms with Gasteiger partial charge in [-0.3, -0.25) is 19.7 Å². The summed E-state index contributed by atoms with van der Waals surface area (Å²) in [5.41, 5.74) is 0.0488. The van der Waals surface area contributed by atoms with Crippen LogP contribution >= 0.6 is 0 Å². The van der Waals surface area contributed by atoms with Crippen LogP contribution in [0.1, 0.15) is 61.3 Å². The van der Waals surface area contributed by atoms with Crippen LogP contribution in [0.15, 0.2) is 48.5 Å². The zero-order valence-electron chi connectivity index (χ0n) is 17.6. The van der Waals surface area contributed by atoms with Crippen LogP contribution in [0.4, 0.5) is 5.69 Å². The van der Waals surface area contributed by atoms with Crippen molar-refractivity contribution in [2.75, 3.05) is 0 Å². The third kappa shape index (κ3) is 3.64. The van der Waals surface area contributed by atoms with Gasteiger partial charge in [-0.1, -0.05) is 55.7 Å². The van der Waals surface area contributed by atoms with E-state index in [1.165, 1.54) is 24.3 Å². The minimum Gasteiger partial charge on any atom is -0.480 e. The highest BCUT2D eigenvalue weighted by molar-refractivity contribution is 5.95. The second-order valence-electron chi connectivity index (χ2n) is 8.65. The number of benzene rings is 2. The van der Waals surface area contributed by atoms with Crippen LogP contribution in [0.2, 0.25) is 0 Å². The first-order chi connectivity index (χ1) is 15.4. The standard InChI is InChI=1S/C24H26N2O6/c27-15-16-6-8-17(9-7-16)22-24(23(29)30,18-10-12-20(13-11-18)26(31)32)14-21(28)25(22)19-4-2-1-3-5-19/h6-13,19,22,27H,1-5,14-15H2,(H,29,30)/t22-,24-/m1/s1. The minimum atomic E-state index is -1.57. The van der Waals surface area contributed by atoms with Gasteiger partial charge in [0.2, 0.25) is 5.91 Å². The number of nitrogens with zero attached hydrogens (tertiary/aromatic N) is 2. The number of carboxylic acid groups (broad SMARTS) is 1. The second-order valence-corrected chi connectivity index (χ2v) is 8.65. The Kier molecular flexibility index (Phi) is 5.97. The van der Waals surface area contributed by atoms with Gasteiger partial charge in [0.15, 0.2) is 0 Å². The lowest BCUT2D eigenvalue weighted by Gasteiger charge is -2.40. The number of non-ortho nitro benzene ring substituents is 1. The Morgan fingerprint density at radius 3 is 2.22 bits per heavy atom. The fourth-order valence-corrected chi connectivity index (χ4v) is 5.29. The van der Waals surface area contributed by atoms with E-state index in [1.54, 1.807) is 29.2 Å². The van der Waals surface area contributed by atoms with E-state index in [2.05, 4.69) is 0 Å². The number of aliphatic hydroxyl groups is 1. The summed E-state index contributed by atoms with van der Waals surface area (Å²) in [5.74, 6) is -1.34. The molecule has 2 N–H and O–H groups in total. The molecule has 2 aliphatic rings. The van der Waals surface area contributed by atoms with Gasteiger partial charge in [0.25, 0.3) is 5.69 Å². The molecule has 168 valence electrons. The Labute approximate surface area is 185 Å². The molecule has 2 aromatic rings. The molecule has 1 aliphatic heterocycles. The average Bonchev–Trinajstić information content (AvgIpc) is 3.13. The molecule has 0 unspecified atom stereocenters. The zero-order chi connectivity index (χ0) is 22.9. The lowest BCUT2D eigenvalue weighted by atomic mass is 9.71. The molecular weight excluding hydrogens is 412 g/mol. The average molecular weight is 438 g/mol. The van der Waals surface area contributed by atoms with Crippen LogP contribution in [0, 0.1) is 10.1 Å². The maximum Gasteiger partial charge on any atom is 0.317 e. The molecule has 2 atom stereocenters. The molecule has 1 saturated heterocycles. The molecular formula is C24H26N2O6. The number of carbonyl (C=O) groups is 2. The molecule has 8 nitrogen and oxygen atoms in total. The normalized spacial score (nSPS) is 24.0. The molecule has 2 fully saturated rings. The number of rotatable bonds is 6. The molecule has 32 heavy (non-hydrogen) atoms. The molecule has 0 spiro atoms. The maximum absolute atomic E-state index is 13.4. The number of carbonyl (C=O) groups excluding carboxylic acids is 1. The first-order valence-electron chi connectivity index (χ1n) is 10.9. The molecule has 1 heterocycles. The van der Waals surface area contributed by atoms with Gasteiger partial charge in [-0.25, -0.2) is 0 Å². The van der Waals surface area contributed by atoms with Crippen LogP contribution in [0.25, 0.3) is 0 Å². The Hall–Kier alpha value is -3.26. The van der Waals surface area contributed by atoms with Gasteiger partial charge in [-0.2, -0.15) is 0 Å². The predicted molar refractivity (Wildman–Crippen MR) is 116 cm³/mol. The SMILES string of the molecule is O=C1C[C@@](C(=O)O)(c2ccc([N+](=O)[O-])cc2)[C@@H](c2ccc(CO)cc2)N1C1CCCCC1. The Balaban J connectivity index is 1.88. The van der Waals surface area contributed by atoms with E-state index in [-0.39, 0.29) is 30.7 Å². The van der Waals surface area contributed by atoms with Gasteiger partial charge in [-0.05, 0) is 29.5 Å². The van der Waals surface area contributed by atoms with Crippen LogP contribution < -0.4 is 0 Å². The molecule has 4 rings (SSSR count). The summed E-state index contributed by atoms with van der Waals surface area (Å²) in [7, 11) is 0. The summed E-state index contributed by atoms with van der Waals surface area (Å²) in [6, 6.07) is 11.7. The van der Waals surface area contributed by atoms with Gasteiger partial charge in [0, 0.05) is 24.6 Å². The van der Waals surface area contributed by atoms with E-state index in [9.17, 15) is 29.9 Å². The molecule has 0 aromatic heterocycles. The van der Waals surface area contributed by atoms with Crippen LogP contribution in [0.3, 0.4) is 0 Å². The van der Waals surface area contributed by atoms with Gasteiger partial charge in [0.1, 0.15) is 5.41 Å². The van der Waals surface area contributed by atoms with Gasteiger partial charge in [-0.15, -0.1) is 0 Å². The largest absolute Gasteiger partial charge is 0.480 e. The number of hydrogen-bond donors (Lipinski definition) is 2. The van der Waals surface area contributed by atoms with Gasteiger partial charge >= 0.3 is 5.97 Å². The Morgan fingerprint density at radius 1 is 1.06 bits per heavy atom. The Bertz CT molecular complexity index is 1010. The summed E-state index contributed by atoms with van der Waals surface area (Å²) < 4.78 is 0.